The van der Waals surface area contributed by atoms with Crippen molar-refractivity contribution in [3.8, 4) is 0 Å². The molecule has 1 aromatic heterocycles. The first-order valence-corrected chi connectivity index (χ1v) is 8.85. The van der Waals surface area contributed by atoms with E-state index in [0.717, 1.165) is 0 Å². The summed E-state index contributed by atoms with van der Waals surface area (Å²) in [5.74, 6) is -0.379. The number of fused-ring (bicyclic) bond motifs is 1. The second kappa shape index (κ2) is 8.01. The number of nitrogens with zero attached hydrogens (tertiary/aromatic N) is 2. The Morgan fingerprint density at radius 2 is 1.83 bits per heavy atom. The first kappa shape index (κ1) is 19.9. The van der Waals surface area contributed by atoms with Gasteiger partial charge in [-0.05, 0) is 49.4 Å². The van der Waals surface area contributed by atoms with Crippen molar-refractivity contribution in [1.82, 2.24) is 9.55 Å². The molecule has 0 saturated carbocycles. The van der Waals surface area contributed by atoms with Gasteiger partial charge < -0.3 is 19.6 Å². The molecule has 0 aliphatic carbocycles. The van der Waals surface area contributed by atoms with Gasteiger partial charge in [-0.3, -0.25) is 19.3 Å². The van der Waals surface area contributed by atoms with Crippen molar-refractivity contribution in [1.29, 1.82) is 0 Å². The van der Waals surface area contributed by atoms with E-state index in [1.54, 1.807) is 50.4 Å². The molecule has 2 N–H and O–H groups in total. The van der Waals surface area contributed by atoms with E-state index < -0.39 is 17.2 Å². The topological polar surface area (TPSA) is 114 Å². The first-order chi connectivity index (χ1) is 13.8. The number of carbonyl (C=O) groups excluding carboxylic acids is 2. The molecule has 1 heterocycles. The number of anilines is 2. The summed E-state index contributed by atoms with van der Waals surface area (Å²) >= 11 is 0. The van der Waals surface area contributed by atoms with Crippen molar-refractivity contribution < 1.29 is 14.3 Å². The van der Waals surface area contributed by atoms with E-state index in [1.165, 1.54) is 22.6 Å². The van der Waals surface area contributed by atoms with Crippen LogP contribution >= 0.6 is 0 Å². The van der Waals surface area contributed by atoms with Gasteiger partial charge in [-0.15, -0.1) is 0 Å². The van der Waals surface area contributed by atoms with Crippen LogP contribution in [0.1, 0.15) is 17.3 Å². The van der Waals surface area contributed by atoms with Crippen LogP contribution in [0.2, 0.25) is 0 Å². The lowest BCUT2D eigenvalue weighted by molar-refractivity contribution is 0.102. The molecule has 0 aliphatic rings. The average molecular weight is 396 g/mol. The molecule has 2 amide bonds. The molecule has 0 bridgehead atoms. The van der Waals surface area contributed by atoms with Crippen molar-refractivity contribution >= 4 is 34.4 Å². The smallest absolute Gasteiger partial charge is 0.413 e. The Kier molecular flexibility index (Phi) is 5.49. The fourth-order valence-electron chi connectivity index (χ4n) is 2.95. The highest BCUT2D eigenvalue weighted by molar-refractivity contribution is 6.06. The van der Waals surface area contributed by atoms with E-state index in [1.807, 2.05) is 0 Å². The summed E-state index contributed by atoms with van der Waals surface area (Å²) in [4.78, 5) is 51.7. The molecule has 3 rings (SSSR count). The van der Waals surface area contributed by atoms with Gasteiger partial charge in [0.25, 0.3) is 5.91 Å². The minimum absolute atomic E-state index is 0.324. The molecular weight excluding hydrogens is 376 g/mol. The average Bonchev–Trinajstić information content (AvgIpc) is 2.73. The second-order valence-corrected chi connectivity index (χ2v) is 6.27. The predicted octanol–water partition coefficient (Wildman–Crippen LogP) is 2.16. The van der Waals surface area contributed by atoms with E-state index in [4.69, 9.17) is 0 Å². The Morgan fingerprint density at radius 1 is 1.14 bits per heavy atom. The third-order valence-electron chi connectivity index (χ3n) is 4.51. The highest BCUT2D eigenvalue weighted by atomic mass is 16.5. The fraction of sp³-hybridized carbons (Fsp3) is 0.200. The number of hydrogen-bond donors (Lipinski definition) is 2. The van der Waals surface area contributed by atoms with Gasteiger partial charge in [-0.1, -0.05) is 0 Å². The molecule has 9 nitrogen and oxygen atoms in total. The number of amides is 2. The van der Waals surface area contributed by atoms with Gasteiger partial charge in [-0.2, -0.15) is 0 Å². The number of aromatic nitrogens is 2. The van der Waals surface area contributed by atoms with Crippen LogP contribution in [-0.2, 0) is 11.3 Å². The van der Waals surface area contributed by atoms with Crippen LogP contribution in [0.5, 0.6) is 0 Å². The number of aryl methyl sites for hydroxylation is 1. The molecule has 2 aromatic carbocycles. The minimum Gasteiger partial charge on any atom is -0.452 e. The van der Waals surface area contributed by atoms with Crippen LogP contribution < -0.4 is 21.3 Å². The number of carbonyl (C=O) groups is 2. The number of aromatic amines is 1. The number of H-pyrrole nitrogens is 1. The summed E-state index contributed by atoms with van der Waals surface area (Å²) in [6.07, 6.45) is -0.502. The number of benzene rings is 2. The zero-order valence-corrected chi connectivity index (χ0v) is 16.2. The van der Waals surface area contributed by atoms with E-state index >= 15 is 0 Å². The molecule has 0 unspecified atom stereocenters. The van der Waals surface area contributed by atoms with Gasteiger partial charge in [0.1, 0.15) is 0 Å². The quantitative estimate of drug-likeness (QED) is 0.656. The van der Waals surface area contributed by atoms with E-state index in [9.17, 15) is 19.2 Å². The maximum absolute atomic E-state index is 12.6. The summed E-state index contributed by atoms with van der Waals surface area (Å²) in [5, 5.41) is 2.75. The Morgan fingerprint density at radius 3 is 2.45 bits per heavy atom. The van der Waals surface area contributed by atoms with Gasteiger partial charge in [0.05, 0.1) is 18.1 Å². The molecular formula is C20H20N4O5. The van der Waals surface area contributed by atoms with Crippen LogP contribution in [0.25, 0.3) is 11.0 Å². The molecule has 0 aliphatic heterocycles. The Balaban J connectivity index is 1.85. The van der Waals surface area contributed by atoms with Crippen molar-refractivity contribution in [3.05, 3.63) is 68.7 Å². The normalized spacial score (nSPS) is 10.6. The van der Waals surface area contributed by atoms with E-state index in [0.29, 0.717) is 34.5 Å². The number of nitrogens with one attached hydrogen (secondary N) is 2. The number of rotatable bonds is 4. The molecule has 150 valence electrons. The summed E-state index contributed by atoms with van der Waals surface area (Å²) in [7, 11) is 2.87. The molecule has 9 heteroatoms. The van der Waals surface area contributed by atoms with Gasteiger partial charge in [-0.25, -0.2) is 4.79 Å². The Bertz CT molecular complexity index is 1190. The standard InChI is InChI=1S/C20H20N4O5/c1-4-24-16-10-5-12(11-15(16)22-18(26)19(24)27)17(25)21-13-6-8-14(9-7-13)23(2)20(28)29-3/h5-11H,4H2,1-3H3,(H,21,25)(H,22,26). The van der Waals surface area contributed by atoms with Crippen molar-refractivity contribution in [3.63, 3.8) is 0 Å². The zero-order chi connectivity index (χ0) is 21.1. The second-order valence-electron chi connectivity index (χ2n) is 6.27. The maximum Gasteiger partial charge on any atom is 0.413 e. The van der Waals surface area contributed by atoms with Crippen molar-refractivity contribution in [2.75, 3.05) is 24.4 Å². The summed E-state index contributed by atoms with van der Waals surface area (Å²) in [5.41, 5.74) is 1.05. The lowest BCUT2D eigenvalue weighted by Gasteiger charge is -2.16. The largest absolute Gasteiger partial charge is 0.452 e. The summed E-state index contributed by atoms with van der Waals surface area (Å²) in [6.45, 7) is 2.11. The molecule has 0 radical (unpaired) electrons. The van der Waals surface area contributed by atoms with Crippen LogP contribution in [0.4, 0.5) is 16.2 Å². The highest BCUT2D eigenvalue weighted by Crippen LogP contribution is 2.19. The van der Waals surface area contributed by atoms with Crippen LogP contribution in [0, 0.1) is 0 Å². The number of ether oxygens (including phenoxy) is 1. The lowest BCUT2D eigenvalue weighted by atomic mass is 10.1. The van der Waals surface area contributed by atoms with Gasteiger partial charge >= 0.3 is 17.2 Å². The predicted molar refractivity (Wildman–Crippen MR) is 110 cm³/mol. The Hall–Kier alpha value is -3.88. The highest BCUT2D eigenvalue weighted by Gasteiger charge is 2.13. The Labute approximate surface area is 165 Å². The van der Waals surface area contributed by atoms with E-state index in [-0.39, 0.29) is 5.91 Å². The minimum atomic E-state index is -0.734. The van der Waals surface area contributed by atoms with Crippen LogP contribution in [0.15, 0.2) is 52.1 Å². The number of methoxy groups -OCH3 is 1. The van der Waals surface area contributed by atoms with Crippen LogP contribution in [-0.4, -0.2) is 35.7 Å². The molecule has 0 atom stereocenters. The third-order valence-corrected chi connectivity index (χ3v) is 4.51. The zero-order valence-electron chi connectivity index (χ0n) is 16.2. The molecule has 0 fully saturated rings. The van der Waals surface area contributed by atoms with E-state index in [2.05, 4.69) is 15.0 Å². The maximum atomic E-state index is 12.6. The van der Waals surface area contributed by atoms with Crippen molar-refractivity contribution in [2.24, 2.45) is 0 Å². The summed E-state index contributed by atoms with van der Waals surface area (Å²) < 4.78 is 6.01. The molecule has 0 spiro atoms. The van der Waals surface area contributed by atoms with Gasteiger partial charge in [0.15, 0.2) is 0 Å². The molecule has 3 aromatic rings. The van der Waals surface area contributed by atoms with Crippen LogP contribution in [0.3, 0.4) is 0 Å². The SMILES string of the molecule is CCn1c(=O)c(=O)[nH]c2cc(C(=O)Nc3ccc(N(C)C(=O)OC)cc3)ccc21. The van der Waals surface area contributed by atoms with Gasteiger partial charge in [0.2, 0.25) is 0 Å². The molecule has 29 heavy (non-hydrogen) atoms. The number of hydrogen-bond acceptors (Lipinski definition) is 5. The molecule has 0 saturated heterocycles. The van der Waals surface area contributed by atoms with Crippen molar-refractivity contribution in [2.45, 2.75) is 13.5 Å². The van der Waals surface area contributed by atoms with Gasteiger partial charge in [0, 0.05) is 30.5 Å². The summed E-state index contributed by atoms with van der Waals surface area (Å²) in [6, 6.07) is 11.4. The lowest BCUT2D eigenvalue weighted by Crippen LogP contribution is -2.36. The monoisotopic (exact) mass is 396 g/mol. The first-order valence-electron chi connectivity index (χ1n) is 8.85. The third kappa shape index (κ3) is 3.88. The fourth-order valence-corrected chi connectivity index (χ4v) is 2.95.